The van der Waals surface area contributed by atoms with Crippen LogP contribution in [-0.4, -0.2) is 21.5 Å². The fourth-order valence-corrected chi connectivity index (χ4v) is 2.96. The van der Waals surface area contributed by atoms with E-state index in [-0.39, 0.29) is 11.6 Å². The van der Waals surface area contributed by atoms with Crippen LogP contribution in [0.2, 0.25) is 0 Å². The van der Waals surface area contributed by atoms with Crippen LogP contribution in [0.25, 0.3) is 0 Å². The molecule has 2 aromatic rings. The van der Waals surface area contributed by atoms with Crippen LogP contribution in [0.15, 0.2) is 10.8 Å². The summed E-state index contributed by atoms with van der Waals surface area (Å²) in [6, 6.07) is 0. The molecule has 2 heterocycles. The first-order chi connectivity index (χ1) is 8.93. The van der Waals surface area contributed by atoms with Gasteiger partial charge in [0, 0.05) is 35.6 Å². The number of alkyl halides is 1. The third-order valence-corrected chi connectivity index (χ3v) is 4.54. The molecule has 19 heavy (non-hydrogen) atoms. The lowest BCUT2D eigenvalue weighted by Crippen LogP contribution is -1.89. The van der Waals surface area contributed by atoms with Crippen molar-refractivity contribution >= 4 is 50.2 Å². The molecule has 102 valence electrons. The van der Waals surface area contributed by atoms with Gasteiger partial charge in [0.1, 0.15) is 0 Å². The highest BCUT2D eigenvalue weighted by Crippen LogP contribution is 2.12. The Balaban J connectivity index is 0.000000191. The molecular formula is C12H13BrN2O2S2. The number of halogens is 1. The largest absolute Gasteiger partial charge is 0.292 e. The standard InChI is InChI=1S/C6H6BrNOS.C6H7NOS/c1-4(9)6-8-5(2-7)3-10-6;1-4-3-9-6(7-4)5(2)8/h3H,2H2,1H3;3H,1-2H3. The van der Waals surface area contributed by atoms with Crippen molar-refractivity contribution in [2.75, 3.05) is 0 Å². The Morgan fingerprint density at radius 3 is 1.89 bits per heavy atom. The molecule has 0 amide bonds. The second-order valence-electron chi connectivity index (χ2n) is 3.68. The number of hydrogen-bond acceptors (Lipinski definition) is 6. The van der Waals surface area contributed by atoms with Crippen LogP contribution in [0.1, 0.15) is 44.8 Å². The van der Waals surface area contributed by atoms with E-state index in [0.29, 0.717) is 10.0 Å². The maximum absolute atomic E-state index is 10.7. The van der Waals surface area contributed by atoms with Gasteiger partial charge in [-0.15, -0.1) is 22.7 Å². The van der Waals surface area contributed by atoms with E-state index in [1.54, 1.807) is 0 Å². The van der Waals surface area contributed by atoms with Crippen molar-refractivity contribution in [2.24, 2.45) is 0 Å². The summed E-state index contributed by atoms with van der Waals surface area (Å²) in [6.45, 7) is 4.93. The van der Waals surface area contributed by atoms with E-state index in [2.05, 4.69) is 25.9 Å². The molecule has 0 aliphatic carbocycles. The summed E-state index contributed by atoms with van der Waals surface area (Å²) in [4.78, 5) is 29.3. The van der Waals surface area contributed by atoms with Crippen LogP contribution in [-0.2, 0) is 5.33 Å². The van der Waals surface area contributed by atoms with Crippen molar-refractivity contribution in [2.45, 2.75) is 26.1 Å². The summed E-state index contributed by atoms with van der Waals surface area (Å²) >= 11 is 6.04. The second-order valence-corrected chi connectivity index (χ2v) is 5.96. The molecular weight excluding hydrogens is 348 g/mol. The van der Waals surface area contributed by atoms with E-state index in [9.17, 15) is 9.59 Å². The molecule has 0 bridgehead atoms. The maximum atomic E-state index is 10.7. The van der Waals surface area contributed by atoms with Gasteiger partial charge in [-0.2, -0.15) is 0 Å². The van der Waals surface area contributed by atoms with Crippen LogP contribution < -0.4 is 0 Å². The van der Waals surface area contributed by atoms with Crippen molar-refractivity contribution in [3.8, 4) is 0 Å². The summed E-state index contributed by atoms with van der Waals surface area (Å²) in [7, 11) is 0. The minimum absolute atomic E-state index is 0.0391. The molecule has 0 N–H and O–H groups in total. The van der Waals surface area contributed by atoms with Crippen molar-refractivity contribution < 1.29 is 9.59 Å². The SMILES string of the molecule is CC(=O)c1nc(C)cs1.CC(=O)c1nc(CBr)cs1. The van der Waals surface area contributed by atoms with Crippen LogP contribution >= 0.6 is 38.6 Å². The maximum Gasteiger partial charge on any atom is 0.188 e. The molecule has 0 aliphatic rings. The number of aromatic nitrogens is 2. The Bertz CT molecular complexity index is 578. The number of hydrogen-bond donors (Lipinski definition) is 0. The van der Waals surface area contributed by atoms with Gasteiger partial charge in [-0.05, 0) is 6.92 Å². The fourth-order valence-electron chi connectivity index (χ4n) is 1.05. The predicted molar refractivity (Wildman–Crippen MR) is 81.6 cm³/mol. The number of rotatable bonds is 3. The van der Waals surface area contributed by atoms with E-state index < -0.39 is 0 Å². The van der Waals surface area contributed by atoms with Crippen LogP contribution in [0.4, 0.5) is 0 Å². The molecule has 0 unspecified atom stereocenters. The van der Waals surface area contributed by atoms with Crippen molar-refractivity contribution in [1.29, 1.82) is 0 Å². The van der Waals surface area contributed by atoms with Gasteiger partial charge in [0.05, 0.1) is 5.69 Å². The molecule has 0 radical (unpaired) electrons. The molecule has 0 aliphatic heterocycles. The van der Waals surface area contributed by atoms with Gasteiger partial charge in [0.2, 0.25) is 0 Å². The molecule has 0 saturated carbocycles. The van der Waals surface area contributed by atoms with Gasteiger partial charge in [-0.25, -0.2) is 9.97 Å². The topological polar surface area (TPSA) is 59.9 Å². The zero-order valence-electron chi connectivity index (χ0n) is 10.8. The minimum atomic E-state index is 0.0391. The lowest BCUT2D eigenvalue weighted by atomic mass is 10.5. The van der Waals surface area contributed by atoms with Crippen LogP contribution in [0.3, 0.4) is 0 Å². The second kappa shape index (κ2) is 7.62. The third-order valence-electron chi connectivity index (χ3n) is 1.91. The lowest BCUT2D eigenvalue weighted by molar-refractivity contribution is 0.100. The van der Waals surface area contributed by atoms with E-state index in [4.69, 9.17) is 0 Å². The van der Waals surface area contributed by atoms with Gasteiger partial charge < -0.3 is 0 Å². The van der Waals surface area contributed by atoms with Gasteiger partial charge in [-0.3, -0.25) is 9.59 Å². The van der Waals surface area contributed by atoms with Crippen LogP contribution in [0, 0.1) is 6.92 Å². The third kappa shape index (κ3) is 5.30. The molecule has 0 saturated heterocycles. The first-order valence-electron chi connectivity index (χ1n) is 5.38. The Morgan fingerprint density at radius 2 is 1.63 bits per heavy atom. The molecule has 7 heteroatoms. The number of aryl methyl sites for hydroxylation is 1. The summed E-state index contributed by atoms with van der Waals surface area (Å²) in [5.74, 6) is 0.0882. The van der Waals surface area contributed by atoms with Gasteiger partial charge in [0.25, 0.3) is 0 Å². The highest BCUT2D eigenvalue weighted by molar-refractivity contribution is 9.08. The smallest absolute Gasteiger partial charge is 0.188 e. The molecule has 2 aromatic heterocycles. The number of Topliss-reactive ketones (excluding diaryl/α,β-unsaturated/α-hetero) is 2. The summed E-state index contributed by atoms with van der Waals surface area (Å²) < 4.78 is 0. The molecule has 0 fully saturated rings. The number of nitrogens with zero attached hydrogens (tertiary/aromatic N) is 2. The summed E-state index contributed by atoms with van der Waals surface area (Å²) in [5.41, 5.74) is 1.85. The Labute approximate surface area is 128 Å². The first-order valence-corrected chi connectivity index (χ1v) is 8.26. The highest BCUT2D eigenvalue weighted by Gasteiger charge is 2.03. The summed E-state index contributed by atoms with van der Waals surface area (Å²) in [5, 5.41) is 5.67. The minimum Gasteiger partial charge on any atom is -0.292 e. The van der Waals surface area contributed by atoms with E-state index in [1.807, 2.05) is 17.7 Å². The Hall–Kier alpha value is -0.920. The first kappa shape index (κ1) is 16.1. The normalized spacial score (nSPS) is 9.68. The Kier molecular flexibility index (Phi) is 6.47. The van der Waals surface area contributed by atoms with E-state index in [0.717, 1.165) is 16.7 Å². The lowest BCUT2D eigenvalue weighted by Gasteiger charge is -1.82. The van der Waals surface area contributed by atoms with Crippen molar-refractivity contribution in [3.05, 3.63) is 32.2 Å². The number of carbonyl (C=O) groups is 2. The fraction of sp³-hybridized carbons (Fsp3) is 0.333. The Morgan fingerprint density at radius 1 is 1.11 bits per heavy atom. The van der Waals surface area contributed by atoms with Gasteiger partial charge in [-0.1, -0.05) is 15.9 Å². The monoisotopic (exact) mass is 360 g/mol. The average Bonchev–Trinajstić information content (AvgIpc) is 2.97. The number of carbonyl (C=O) groups excluding carboxylic acids is 2. The van der Waals surface area contributed by atoms with Crippen LogP contribution in [0.5, 0.6) is 0 Å². The zero-order chi connectivity index (χ0) is 14.4. The number of thiazole rings is 2. The molecule has 0 atom stereocenters. The highest BCUT2D eigenvalue weighted by atomic mass is 79.9. The average molecular weight is 361 g/mol. The molecule has 2 rings (SSSR count). The summed E-state index contributed by atoms with van der Waals surface area (Å²) in [6.07, 6.45) is 0. The molecule has 0 aromatic carbocycles. The van der Waals surface area contributed by atoms with Crippen molar-refractivity contribution in [1.82, 2.24) is 9.97 Å². The molecule has 4 nitrogen and oxygen atoms in total. The quantitative estimate of drug-likeness (QED) is 0.615. The number of ketones is 2. The van der Waals surface area contributed by atoms with E-state index in [1.165, 1.54) is 36.5 Å². The predicted octanol–water partition coefficient (Wildman–Crippen LogP) is 3.89. The van der Waals surface area contributed by atoms with Gasteiger partial charge >= 0.3 is 0 Å². The zero-order valence-corrected chi connectivity index (χ0v) is 14.0. The van der Waals surface area contributed by atoms with Crippen molar-refractivity contribution in [3.63, 3.8) is 0 Å². The van der Waals surface area contributed by atoms with E-state index >= 15 is 0 Å². The molecule has 0 spiro atoms. The van der Waals surface area contributed by atoms with Gasteiger partial charge in [0.15, 0.2) is 21.6 Å².